The Morgan fingerprint density at radius 3 is 2.53 bits per heavy atom. The van der Waals surface area contributed by atoms with E-state index in [1.54, 1.807) is 12.3 Å². The van der Waals surface area contributed by atoms with Crippen molar-refractivity contribution < 1.29 is 23.1 Å². The molecule has 166 valence electrons. The minimum Gasteiger partial charge on any atom is -0.488 e. The van der Waals surface area contributed by atoms with Crippen molar-refractivity contribution in [3.8, 4) is 16.3 Å². The first-order valence-electron chi connectivity index (χ1n) is 10.0. The summed E-state index contributed by atoms with van der Waals surface area (Å²) in [4.78, 5) is 32.2. The van der Waals surface area contributed by atoms with Crippen LogP contribution in [-0.2, 0) is 4.79 Å². The van der Waals surface area contributed by atoms with Crippen LogP contribution in [0.25, 0.3) is 10.6 Å². The number of carbonyl (C=O) groups excluding carboxylic acids is 2. The highest BCUT2D eigenvalue weighted by Gasteiger charge is 2.26. The predicted molar refractivity (Wildman–Crippen MR) is 115 cm³/mol. The molecule has 1 aliphatic carbocycles. The number of nitrogens with zero attached hydrogens (tertiary/aromatic N) is 2. The Hall–Kier alpha value is -3.40. The van der Waals surface area contributed by atoms with Gasteiger partial charge in [0.1, 0.15) is 33.8 Å². The molecule has 2 heterocycles. The topological polar surface area (TPSA) is 107 Å². The molecule has 1 aromatic carbocycles. The van der Waals surface area contributed by atoms with Crippen LogP contribution in [0, 0.1) is 17.6 Å². The lowest BCUT2D eigenvalue weighted by Gasteiger charge is -2.27. The number of primary amides is 1. The van der Waals surface area contributed by atoms with Crippen molar-refractivity contribution in [1.82, 2.24) is 9.97 Å². The lowest BCUT2D eigenvalue weighted by atomic mass is 9.87. The van der Waals surface area contributed by atoms with Crippen LogP contribution in [0.5, 0.6) is 5.75 Å². The highest BCUT2D eigenvalue weighted by molar-refractivity contribution is 7.13. The molecular formula is C22H20F2N4O3S. The van der Waals surface area contributed by atoms with Gasteiger partial charge < -0.3 is 15.8 Å². The quantitative estimate of drug-likeness (QED) is 0.577. The standard InChI is InChI=1S/C22H20F2N4O3S/c23-14-2-1-3-15(24)19(14)22-28-17(11-32-22)21(30)27-16-10-26-9-8-18(16)31-13-6-4-12(5-7-13)20(25)29/h1-3,8-13H,4-7H2,(H2,25,29)(H,27,30). The Morgan fingerprint density at radius 2 is 1.84 bits per heavy atom. The molecule has 4 rings (SSSR count). The summed E-state index contributed by atoms with van der Waals surface area (Å²) in [5.41, 5.74) is 5.47. The number of amides is 2. The molecule has 32 heavy (non-hydrogen) atoms. The second-order valence-electron chi connectivity index (χ2n) is 7.45. The van der Waals surface area contributed by atoms with E-state index in [0.29, 0.717) is 37.1 Å². The number of nitrogens with two attached hydrogens (primary N) is 1. The largest absolute Gasteiger partial charge is 0.488 e. The van der Waals surface area contributed by atoms with E-state index in [1.807, 2.05) is 0 Å². The third-order valence-corrected chi connectivity index (χ3v) is 6.17. The number of aromatic nitrogens is 2. The smallest absolute Gasteiger partial charge is 0.275 e. The Balaban J connectivity index is 1.46. The molecule has 1 fully saturated rings. The zero-order chi connectivity index (χ0) is 22.7. The summed E-state index contributed by atoms with van der Waals surface area (Å²) in [6.45, 7) is 0. The zero-order valence-corrected chi connectivity index (χ0v) is 17.7. The van der Waals surface area contributed by atoms with Gasteiger partial charge >= 0.3 is 0 Å². The maximum absolute atomic E-state index is 14.0. The van der Waals surface area contributed by atoms with Crippen molar-refractivity contribution in [3.05, 3.63) is 59.4 Å². The molecule has 3 N–H and O–H groups in total. The normalized spacial score (nSPS) is 18.2. The summed E-state index contributed by atoms with van der Waals surface area (Å²) in [7, 11) is 0. The summed E-state index contributed by atoms with van der Waals surface area (Å²) >= 11 is 0.968. The molecular weight excluding hydrogens is 438 g/mol. The van der Waals surface area contributed by atoms with Gasteiger partial charge in [-0.1, -0.05) is 6.07 Å². The van der Waals surface area contributed by atoms with Crippen LogP contribution in [0.4, 0.5) is 14.5 Å². The molecule has 1 aliphatic rings. The summed E-state index contributed by atoms with van der Waals surface area (Å²) in [5, 5.41) is 4.19. The number of rotatable bonds is 6. The SMILES string of the molecule is NC(=O)C1CCC(Oc2ccncc2NC(=O)c2csc(-c3c(F)cccc3F)n2)CC1. The number of anilines is 1. The minimum absolute atomic E-state index is 0.0180. The third-order valence-electron chi connectivity index (χ3n) is 5.31. The Labute approximate surface area is 186 Å². The number of hydrogen-bond acceptors (Lipinski definition) is 6. The first kappa shape index (κ1) is 21.8. The average Bonchev–Trinajstić information content (AvgIpc) is 3.25. The number of hydrogen-bond donors (Lipinski definition) is 2. The van der Waals surface area contributed by atoms with Gasteiger partial charge in [-0.3, -0.25) is 14.6 Å². The van der Waals surface area contributed by atoms with E-state index >= 15 is 0 Å². The first-order chi connectivity index (χ1) is 15.4. The Morgan fingerprint density at radius 1 is 1.12 bits per heavy atom. The van der Waals surface area contributed by atoms with Gasteiger partial charge in [-0.05, 0) is 37.8 Å². The van der Waals surface area contributed by atoms with E-state index in [1.165, 1.54) is 17.6 Å². The molecule has 0 saturated heterocycles. The molecule has 1 saturated carbocycles. The molecule has 10 heteroatoms. The molecule has 0 bridgehead atoms. The van der Waals surface area contributed by atoms with Crippen LogP contribution < -0.4 is 15.8 Å². The van der Waals surface area contributed by atoms with Gasteiger partial charge in [0.2, 0.25) is 5.91 Å². The van der Waals surface area contributed by atoms with Crippen molar-refractivity contribution in [2.24, 2.45) is 11.7 Å². The number of pyridine rings is 1. The molecule has 2 aromatic heterocycles. The van der Waals surface area contributed by atoms with Crippen LogP contribution in [0.15, 0.2) is 42.0 Å². The molecule has 0 radical (unpaired) electrons. The van der Waals surface area contributed by atoms with Crippen LogP contribution >= 0.6 is 11.3 Å². The van der Waals surface area contributed by atoms with Crippen molar-refractivity contribution >= 4 is 28.8 Å². The lowest BCUT2D eigenvalue weighted by molar-refractivity contribution is -0.123. The maximum Gasteiger partial charge on any atom is 0.275 e. The second-order valence-corrected chi connectivity index (χ2v) is 8.31. The van der Waals surface area contributed by atoms with Crippen LogP contribution in [0.3, 0.4) is 0 Å². The highest BCUT2D eigenvalue weighted by Crippen LogP contribution is 2.32. The number of ether oxygens (including phenoxy) is 1. The number of halogens is 2. The van der Waals surface area contributed by atoms with Crippen LogP contribution in [0.2, 0.25) is 0 Å². The van der Waals surface area contributed by atoms with Gasteiger partial charge in [0, 0.05) is 23.6 Å². The number of thiazole rings is 1. The molecule has 0 aliphatic heterocycles. The van der Waals surface area contributed by atoms with Gasteiger partial charge in [-0.25, -0.2) is 13.8 Å². The second kappa shape index (κ2) is 9.39. The molecule has 7 nitrogen and oxygen atoms in total. The summed E-state index contributed by atoms with van der Waals surface area (Å²) in [5.74, 6) is -2.05. The van der Waals surface area contributed by atoms with Gasteiger partial charge in [0.25, 0.3) is 5.91 Å². The van der Waals surface area contributed by atoms with Crippen molar-refractivity contribution in [2.45, 2.75) is 31.8 Å². The number of nitrogens with one attached hydrogen (secondary N) is 1. The summed E-state index contributed by atoms with van der Waals surface area (Å²) in [6.07, 6.45) is 5.54. The van der Waals surface area contributed by atoms with E-state index < -0.39 is 17.5 Å². The first-order valence-corrected chi connectivity index (χ1v) is 10.9. The van der Waals surface area contributed by atoms with Crippen LogP contribution in [0.1, 0.15) is 36.2 Å². The average molecular weight is 458 g/mol. The molecule has 0 unspecified atom stereocenters. The Bertz CT molecular complexity index is 1130. The van der Waals surface area contributed by atoms with Gasteiger partial charge in [0.05, 0.1) is 17.9 Å². The molecule has 0 spiro atoms. The highest BCUT2D eigenvalue weighted by atomic mass is 32.1. The monoisotopic (exact) mass is 458 g/mol. The predicted octanol–water partition coefficient (Wildman–Crippen LogP) is 4.16. The fourth-order valence-corrected chi connectivity index (χ4v) is 4.45. The van der Waals surface area contributed by atoms with Gasteiger partial charge in [-0.15, -0.1) is 11.3 Å². The van der Waals surface area contributed by atoms with Gasteiger partial charge in [0.15, 0.2) is 0 Å². The van der Waals surface area contributed by atoms with E-state index in [4.69, 9.17) is 10.5 Å². The lowest BCUT2D eigenvalue weighted by Crippen LogP contribution is -2.31. The maximum atomic E-state index is 14.0. The molecule has 2 amide bonds. The fraction of sp³-hybridized carbons (Fsp3) is 0.273. The summed E-state index contributed by atoms with van der Waals surface area (Å²) in [6, 6.07) is 5.17. The van der Waals surface area contributed by atoms with Crippen LogP contribution in [-0.4, -0.2) is 27.9 Å². The van der Waals surface area contributed by atoms with E-state index in [2.05, 4.69) is 15.3 Å². The third kappa shape index (κ3) is 4.75. The zero-order valence-electron chi connectivity index (χ0n) is 16.9. The minimum atomic E-state index is -0.750. The van der Waals surface area contributed by atoms with Crippen molar-refractivity contribution in [1.29, 1.82) is 0 Å². The van der Waals surface area contributed by atoms with E-state index in [9.17, 15) is 18.4 Å². The van der Waals surface area contributed by atoms with Gasteiger partial charge in [-0.2, -0.15) is 0 Å². The number of carbonyl (C=O) groups is 2. The van der Waals surface area contributed by atoms with E-state index in [0.717, 1.165) is 23.5 Å². The van der Waals surface area contributed by atoms with E-state index in [-0.39, 0.29) is 34.2 Å². The van der Waals surface area contributed by atoms with Crippen molar-refractivity contribution in [3.63, 3.8) is 0 Å². The summed E-state index contributed by atoms with van der Waals surface area (Å²) < 4.78 is 34.1. The Kier molecular flexibility index (Phi) is 6.40. The molecule has 0 atom stereocenters. The number of benzene rings is 1. The molecule has 3 aromatic rings. The fourth-order valence-electron chi connectivity index (χ4n) is 3.60. The van der Waals surface area contributed by atoms with Crippen molar-refractivity contribution in [2.75, 3.05) is 5.32 Å².